The Bertz CT molecular complexity index is 328. The highest BCUT2D eigenvalue weighted by Crippen LogP contribution is 2.26. The molecule has 0 aromatic rings. The minimum absolute atomic E-state index is 0.560. The van der Waals surface area contributed by atoms with Crippen molar-refractivity contribution in [3.8, 4) is 0 Å². The van der Waals surface area contributed by atoms with Gasteiger partial charge in [-0.1, -0.05) is 0 Å². The highest BCUT2D eigenvalue weighted by molar-refractivity contribution is 5.92. The number of methoxy groups -OCH3 is 1. The summed E-state index contributed by atoms with van der Waals surface area (Å²) in [5.41, 5.74) is 0. The van der Waals surface area contributed by atoms with Crippen molar-refractivity contribution in [3.05, 3.63) is 0 Å². The van der Waals surface area contributed by atoms with Crippen LogP contribution in [0.1, 0.15) is 6.42 Å². The van der Waals surface area contributed by atoms with E-state index in [2.05, 4.69) is 0 Å². The first-order chi connectivity index (χ1) is 8.79. The molecule has 1 fully saturated rings. The maximum Gasteiger partial charge on any atom is 0.317 e. The van der Waals surface area contributed by atoms with Crippen LogP contribution in [0.25, 0.3) is 0 Å². The van der Waals surface area contributed by atoms with E-state index < -0.39 is 55.0 Å². The summed E-state index contributed by atoms with van der Waals surface area (Å²) < 4.78 is 9.77. The van der Waals surface area contributed by atoms with Crippen molar-refractivity contribution in [3.63, 3.8) is 0 Å². The van der Waals surface area contributed by atoms with Crippen molar-refractivity contribution in [1.82, 2.24) is 0 Å². The third-order valence-corrected chi connectivity index (χ3v) is 2.97. The van der Waals surface area contributed by atoms with E-state index in [-0.39, 0.29) is 0 Å². The number of aliphatic carboxylic acids is 2. The number of ether oxygens (including phenoxy) is 2. The van der Waals surface area contributed by atoms with Gasteiger partial charge in [-0.05, 0) is 0 Å². The molecule has 0 bridgehead atoms. The van der Waals surface area contributed by atoms with Crippen LogP contribution in [0.2, 0.25) is 0 Å². The molecule has 1 heterocycles. The molecule has 0 aromatic heterocycles. The smallest absolute Gasteiger partial charge is 0.317 e. The lowest BCUT2D eigenvalue weighted by Crippen LogP contribution is -2.58. The second-order valence-corrected chi connectivity index (χ2v) is 4.22. The molecule has 1 rings (SSSR count). The van der Waals surface area contributed by atoms with E-state index in [1.807, 2.05) is 0 Å². The normalized spacial score (nSPS) is 35.3. The SMILES string of the molecule is COC1O[C@H](CC(C(=O)O)C(=O)O)[C@@H](O)[C@H](O)[C@@H]1O. The summed E-state index contributed by atoms with van der Waals surface area (Å²) in [6.07, 6.45) is -7.85. The van der Waals surface area contributed by atoms with Gasteiger partial charge in [0.05, 0.1) is 6.10 Å². The third kappa shape index (κ3) is 3.39. The first kappa shape index (κ1) is 15.8. The van der Waals surface area contributed by atoms with E-state index in [0.717, 1.165) is 0 Å². The van der Waals surface area contributed by atoms with Crippen molar-refractivity contribution < 1.29 is 44.6 Å². The highest BCUT2D eigenvalue weighted by atomic mass is 16.7. The standard InChI is InChI=1S/C10H16O9/c1-18-10-7(13)6(12)5(11)4(19-10)2-3(8(14)15)9(16)17/h3-7,10-13H,2H2,1H3,(H,14,15)(H,16,17)/t4-,5-,6+,7+,10?/m1/s1. The van der Waals surface area contributed by atoms with Gasteiger partial charge in [-0.25, -0.2) is 0 Å². The molecule has 5 atom stereocenters. The van der Waals surface area contributed by atoms with Crippen molar-refractivity contribution in [1.29, 1.82) is 0 Å². The van der Waals surface area contributed by atoms with Crippen LogP contribution in [0.4, 0.5) is 0 Å². The number of carboxylic acid groups (broad SMARTS) is 2. The fourth-order valence-electron chi connectivity index (χ4n) is 1.85. The van der Waals surface area contributed by atoms with Gasteiger partial charge in [0.1, 0.15) is 18.3 Å². The summed E-state index contributed by atoms with van der Waals surface area (Å²) in [5, 5.41) is 46.2. The molecule has 1 aliphatic rings. The fraction of sp³-hybridized carbons (Fsp3) is 0.800. The van der Waals surface area contributed by atoms with Crippen LogP contribution in [0.5, 0.6) is 0 Å². The van der Waals surface area contributed by atoms with E-state index in [0.29, 0.717) is 0 Å². The Morgan fingerprint density at radius 2 is 1.63 bits per heavy atom. The molecule has 1 saturated heterocycles. The summed E-state index contributed by atoms with van der Waals surface area (Å²) in [4.78, 5) is 21.5. The zero-order chi connectivity index (χ0) is 14.7. The number of hydrogen-bond donors (Lipinski definition) is 5. The molecule has 1 aliphatic heterocycles. The van der Waals surface area contributed by atoms with Gasteiger partial charge in [0.2, 0.25) is 0 Å². The predicted molar refractivity (Wildman–Crippen MR) is 57.1 cm³/mol. The topological polar surface area (TPSA) is 154 Å². The van der Waals surface area contributed by atoms with E-state index in [9.17, 15) is 24.9 Å². The number of aliphatic hydroxyl groups excluding tert-OH is 3. The molecule has 9 heteroatoms. The van der Waals surface area contributed by atoms with Gasteiger partial charge in [-0.3, -0.25) is 9.59 Å². The molecule has 1 unspecified atom stereocenters. The maximum absolute atomic E-state index is 10.8. The molecule has 0 amide bonds. The Balaban J connectivity index is 2.81. The van der Waals surface area contributed by atoms with Gasteiger partial charge in [0.15, 0.2) is 12.2 Å². The van der Waals surface area contributed by atoms with Gasteiger partial charge in [-0.15, -0.1) is 0 Å². The van der Waals surface area contributed by atoms with Crippen LogP contribution in [0.3, 0.4) is 0 Å². The minimum Gasteiger partial charge on any atom is -0.481 e. The second-order valence-electron chi connectivity index (χ2n) is 4.22. The highest BCUT2D eigenvalue weighted by Gasteiger charge is 2.46. The van der Waals surface area contributed by atoms with Crippen LogP contribution >= 0.6 is 0 Å². The Kier molecular flexibility index (Phi) is 5.20. The quantitative estimate of drug-likeness (QED) is 0.347. The summed E-state index contributed by atoms with van der Waals surface area (Å²) in [5.74, 6) is -4.96. The molecule has 0 radical (unpaired) electrons. The summed E-state index contributed by atoms with van der Waals surface area (Å²) >= 11 is 0. The number of carbonyl (C=O) groups is 2. The van der Waals surface area contributed by atoms with E-state index in [1.165, 1.54) is 7.11 Å². The number of aliphatic hydroxyl groups is 3. The molecular formula is C10H16O9. The van der Waals surface area contributed by atoms with Crippen molar-refractivity contribution in [2.24, 2.45) is 5.92 Å². The van der Waals surface area contributed by atoms with Crippen molar-refractivity contribution in [2.75, 3.05) is 7.11 Å². The van der Waals surface area contributed by atoms with E-state index in [1.54, 1.807) is 0 Å². The molecule has 0 aromatic carbocycles. The van der Waals surface area contributed by atoms with Gasteiger partial charge >= 0.3 is 11.9 Å². The van der Waals surface area contributed by atoms with Crippen molar-refractivity contribution in [2.45, 2.75) is 37.1 Å². The third-order valence-electron chi connectivity index (χ3n) is 2.97. The fourth-order valence-corrected chi connectivity index (χ4v) is 1.85. The Morgan fingerprint density at radius 3 is 2.05 bits per heavy atom. The van der Waals surface area contributed by atoms with Gasteiger partial charge in [-0.2, -0.15) is 0 Å². The van der Waals surface area contributed by atoms with Crippen LogP contribution in [-0.4, -0.2) is 75.3 Å². The van der Waals surface area contributed by atoms with E-state index >= 15 is 0 Å². The zero-order valence-electron chi connectivity index (χ0n) is 10.0. The summed E-state index contributed by atoms with van der Waals surface area (Å²) in [6.45, 7) is 0. The predicted octanol–water partition coefficient (Wildman–Crippen LogP) is -2.38. The monoisotopic (exact) mass is 280 g/mol. The zero-order valence-corrected chi connectivity index (χ0v) is 10.0. The lowest BCUT2D eigenvalue weighted by molar-refractivity contribution is -0.292. The maximum atomic E-state index is 10.8. The van der Waals surface area contributed by atoms with Crippen LogP contribution < -0.4 is 0 Å². The summed E-state index contributed by atoms with van der Waals surface area (Å²) in [7, 11) is 1.18. The van der Waals surface area contributed by atoms with Crippen LogP contribution in [0.15, 0.2) is 0 Å². The first-order valence-electron chi connectivity index (χ1n) is 5.47. The molecule has 0 spiro atoms. The molecule has 9 nitrogen and oxygen atoms in total. The molecule has 5 N–H and O–H groups in total. The molecular weight excluding hydrogens is 264 g/mol. The average Bonchev–Trinajstić information content (AvgIpc) is 2.34. The van der Waals surface area contributed by atoms with Crippen LogP contribution in [0, 0.1) is 5.92 Å². The Hall–Kier alpha value is -1.26. The Labute approximate surface area is 108 Å². The van der Waals surface area contributed by atoms with Gasteiger partial charge < -0.3 is 35.0 Å². The number of rotatable bonds is 5. The van der Waals surface area contributed by atoms with E-state index in [4.69, 9.17) is 19.7 Å². The molecule has 0 aliphatic carbocycles. The van der Waals surface area contributed by atoms with Gasteiger partial charge in [0, 0.05) is 13.5 Å². The molecule has 19 heavy (non-hydrogen) atoms. The first-order valence-corrected chi connectivity index (χ1v) is 5.47. The van der Waals surface area contributed by atoms with Crippen molar-refractivity contribution >= 4 is 11.9 Å². The number of carboxylic acids is 2. The minimum atomic E-state index is -1.79. The lowest BCUT2D eigenvalue weighted by Gasteiger charge is -2.40. The number of hydrogen-bond acceptors (Lipinski definition) is 7. The Morgan fingerprint density at radius 1 is 1.11 bits per heavy atom. The second kappa shape index (κ2) is 6.26. The average molecular weight is 280 g/mol. The van der Waals surface area contributed by atoms with Crippen LogP contribution in [-0.2, 0) is 19.1 Å². The lowest BCUT2D eigenvalue weighted by atomic mass is 9.91. The van der Waals surface area contributed by atoms with Gasteiger partial charge in [0.25, 0.3) is 0 Å². The molecule has 0 saturated carbocycles. The molecule has 110 valence electrons. The summed E-state index contributed by atoms with van der Waals surface area (Å²) in [6, 6.07) is 0. The largest absolute Gasteiger partial charge is 0.481 e.